The Kier molecular flexibility index (Phi) is 3.92. The van der Waals surface area contributed by atoms with Crippen molar-refractivity contribution in [1.82, 2.24) is 14.6 Å². The van der Waals surface area contributed by atoms with E-state index in [-0.39, 0.29) is 11.4 Å². The van der Waals surface area contributed by atoms with Crippen LogP contribution in [0.2, 0.25) is 0 Å². The number of ether oxygens (including phenoxy) is 1. The summed E-state index contributed by atoms with van der Waals surface area (Å²) in [6.45, 7) is 6.83. The summed E-state index contributed by atoms with van der Waals surface area (Å²) in [5.74, 6) is 0.479. The van der Waals surface area contributed by atoms with Crippen molar-refractivity contribution in [2.75, 3.05) is 19.0 Å². The maximum atomic E-state index is 11.1. The topological polar surface area (TPSA) is 68.5 Å². The Balaban J connectivity index is 2.21. The van der Waals surface area contributed by atoms with Crippen molar-refractivity contribution < 1.29 is 9.53 Å². The molecule has 1 N–H and O–H groups in total. The number of nitrogens with one attached hydrogen (secondary N) is 1. The number of anilines is 1. The van der Waals surface area contributed by atoms with E-state index >= 15 is 0 Å². The van der Waals surface area contributed by atoms with E-state index in [1.807, 2.05) is 12.3 Å². The van der Waals surface area contributed by atoms with E-state index in [2.05, 4.69) is 40.9 Å². The van der Waals surface area contributed by atoms with Crippen LogP contribution < -0.4 is 5.32 Å². The van der Waals surface area contributed by atoms with Crippen molar-refractivity contribution >= 4 is 17.3 Å². The smallest absolute Gasteiger partial charge is 0.307 e. The van der Waals surface area contributed by atoms with Crippen LogP contribution in [0.5, 0.6) is 0 Å². The molecular weight excluding hydrogens is 256 g/mol. The fraction of sp³-hybridized carbons (Fsp3) is 0.500. The average molecular weight is 276 g/mol. The first-order valence-electron chi connectivity index (χ1n) is 6.57. The highest BCUT2D eigenvalue weighted by atomic mass is 16.5. The molecule has 0 saturated heterocycles. The van der Waals surface area contributed by atoms with Crippen LogP contribution in [0.3, 0.4) is 0 Å². The third-order valence-electron chi connectivity index (χ3n) is 3.01. The molecule has 0 aromatic carbocycles. The van der Waals surface area contributed by atoms with Crippen molar-refractivity contribution in [3.05, 3.63) is 24.2 Å². The molecule has 6 heteroatoms. The molecule has 108 valence electrons. The van der Waals surface area contributed by atoms with Gasteiger partial charge in [0.05, 0.1) is 19.2 Å². The van der Waals surface area contributed by atoms with Crippen LogP contribution in [0.25, 0.3) is 5.52 Å². The Morgan fingerprint density at radius 3 is 2.85 bits per heavy atom. The van der Waals surface area contributed by atoms with E-state index in [0.717, 1.165) is 17.0 Å². The Hall–Kier alpha value is -2.11. The van der Waals surface area contributed by atoms with Crippen molar-refractivity contribution in [2.45, 2.75) is 32.6 Å². The number of aromatic nitrogens is 3. The molecule has 0 aliphatic heterocycles. The lowest BCUT2D eigenvalue weighted by atomic mass is 9.92. The molecule has 0 aliphatic rings. The predicted octanol–water partition coefficient (Wildman–Crippen LogP) is 2.00. The lowest BCUT2D eigenvalue weighted by molar-refractivity contribution is -0.140. The van der Waals surface area contributed by atoms with Crippen LogP contribution in [0.1, 0.15) is 32.9 Å². The number of rotatable bonds is 4. The highest BCUT2D eigenvalue weighted by molar-refractivity contribution is 5.71. The molecule has 0 amide bonds. The van der Waals surface area contributed by atoms with Gasteiger partial charge in [-0.25, -0.2) is 9.50 Å². The molecule has 0 unspecified atom stereocenters. The zero-order chi connectivity index (χ0) is 14.8. The van der Waals surface area contributed by atoms with Crippen molar-refractivity contribution in [3.8, 4) is 0 Å². The van der Waals surface area contributed by atoms with Crippen LogP contribution in [-0.4, -0.2) is 34.2 Å². The van der Waals surface area contributed by atoms with E-state index in [1.165, 1.54) is 7.11 Å². The quantitative estimate of drug-likeness (QED) is 0.865. The van der Waals surface area contributed by atoms with Crippen LogP contribution in [0, 0.1) is 0 Å². The van der Waals surface area contributed by atoms with Gasteiger partial charge in [0.15, 0.2) is 5.82 Å². The molecule has 2 aromatic rings. The van der Waals surface area contributed by atoms with Gasteiger partial charge in [-0.15, -0.1) is 0 Å². The zero-order valence-corrected chi connectivity index (χ0v) is 12.3. The number of carbonyl (C=O) groups excluding carboxylic acids is 1. The molecule has 2 heterocycles. The Bertz CT molecular complexity index is 613. The number of carbonyl (C=O) groups is 1. The Morgan fingerprint density at radius 2 is 2.20 bits per heavy atom. The first kappa shape index (κ1) is 14.3. The molecule has 0 fully saturated rings. The van der Waals surface area contributed by atoms with Crippen molar-refractivity contribution in [2.24, 2.45) is 0 Å². The van der Waals surface area contributed by atoms with Gasteiger partial charge >= 0.3 is 5.97 Å². The first-order chi connectivity index (χ1) is 9.41. The third kappa shape index (κ3) is 3.07. The summed E-state index contributed by atoms with van der Waals surface area (Å²) in [6, 6.07) is 2.02. The Morgan fingerprint density at radius 1 is 1.45 bits per heavy atom. The lowest BCUT2D eigenvalue weighted by Crippen LogP contribution is -2.11. The van der Waals surface area contributed by atoms with Gasteiger partial charge in [0.25, 0.3) is 0 Å². The number of methoxy groups -OCH3 is 1. The average Bonchev–Trinajstić information content (AvgIpc) is 2.83. The number of esters is 1. The van der Waals surface area contributed by atoms with Crippen molar-refractivity contribution in [3.63, 3.8) is 0 Å². The maximum Gasteiger partial charge on any atom is 0.307 e. The molecule has 0 saturated carbocycles. The van der Waals surface area contributed by atoms with E-state index in [9.17, 15) is 4.79 Å². The standard InChI is InChI=1S/C14H20N4O2/c1-14(2,3)11-9-10-13(15-6-5-12(19)20-4)16-7-8-18(10)17-11/h7-9H,5-6H2,1-4H3,(H,15,16). The maximum absolute atomic E-state index is 11.1. The molecule has 0 radical (unpaired) electrons. The van der Waals surface area contributed by atoms with Crippen LogP contribution >= 0.6 is 0 Å². The van der Waals surface area contributed by atoms with E-state index in [4.69, 9.17) is 0 Å². The van der Waals surface area contributed by atoms with E-state index in [1.54, 1.807) is 10.7 Å². The lowest BCUT2D eigenvalue weighted by Gasteiger charge is -2.13. The monoisotopic (exact) mass is 276 g/mol. The van der Waals surface area contributed by atoms with E-state index < -0.39 is 0 Å². The molecule has 2 aromatic heterocycles. The SMILES string of the molecule is COC(=O)CCNc1nccn2nc(C(C)(C)C)cc12. The van der Waals surface area contributed by atoms with Gasteiger partial charge in [-0.3, -0.25) is 4.79 Å². The summed E-state index contributed by atoms with van der Waals surface area (Å²) >= 11 is 0. The van der Waals surface area contributed by atoms with Gasteiger partial charge in [-0.05, 0) is 6.07 Å². The highest BCUT2D eigenvalue weighted by Gasteiger charge is 2.19. The molecule has 0 bridgehead atoms. The van der Waals surface area contributed by atoms with Gasteiger partial charge in [-0.2, -0.15) is 5.10 Å². The summed E-state index contributed by atoms with van der Waals surface area (Å²) in [7, 11) is 1.38. The number of hydrogen-bond donors (Lipinski definition) is 1. The second kappa shape index (κ2) is 5.48. The van der Waals surface area contributed by atoms with Gasteiger partial charge in [-0.1, -0.05) is 20.8 Å². The summed E-state index contributed by atoms with van der Waals surface area (Å²) < 4.78 is 6.41. The predicted molar refractivity (Wildman–Crippen MR) is 76.8 cm³/mol. The minimum Gasteiger partial charge on any atom is -0.469 e. The highest BCUT2D eigenvalue weighted by Crippen LogP contribution is 2.24. The minimum atomic E-state index is -0.242. The molecule has 0 atom stereocenters. The summed E-state index contributed by atoms with van der Waals surface area (Å²) in [6.07, 6.45) is 3.81. The van der Waals surface area contributed by atoms with Gasteiger partial charge in [0, 0.05) is 24.4 Å². The van der Waals surface area contributed by atoms with Crippen LogP contribution in [0.4, 0.5) is 5.82 Å². The molecule has 0 aliphatic carbocycles. The second-order valence-corrected chi connectivity index (χ2v) is 5.64. The van der Waals surface area contributed by atoms with Gasteiger partial charge in [0.1, 0.15) is 5.52 Å². The number of fused-ring (bicyclic) bond motifs is 1. The molecule has 0 spiro atoms. The second-order valence-electron chi connectivity index (χ2n) is 5.64. The largest absolute Gasteiger partial charge is 0.469 e. The zero-order valence-electron chi connectivity index (χ0n) is 12.3. The van der Waals surface area contributed by atoms with Crippen LogP contribution in [-0.2, 0) is 14.9 Å². The molecule has 20 heavy (non-hydrogen) atoms. The van der Waals surface area contributed by atoms with Crippen molar-refractivity contribution in [1.29, 1.82) is 0 Å². The molecular formula is C14H20N4O2. The third-order valence-corrected chi connectivity index (χ3v) is 3.01. The summed E-state index contributed by atoms with van der Waals surface area (Å²) in [5, 5.41) is 7.69. The van der Waals surface area contributed by atoms with Crippen LogP contribution in [0.15, 0.2) is 18.5 Å². The molecule has 6 nitrogen and oxygen atoms in total. The fourth-order valence-electron chi connectivity index (χ4n) is 1.81. The van der Waals surface area contributed by atoms with Gasteiger partial charge < -0.3 is 10.1 Å². The fourth-order valence-corrected chi connectivity index (χ4v) is 1.81. The Labute approximate surface area is 118 Å². The number of nitrogens with zero attached hydrogens (tertiary/aromatic N) is 3. The number of hydrogen-bond acceptors (Lipinski definition) is 5. The first-order valence-corrected chi connectivity index (χ1v) is 6.57. The summed E-state index contributed by atoms with van der Waals surface area (Å²) in [4.78, 5) is 15.4. The normalized spacial score (nSPS) is 11.6. The summed E-state index contributed by atoms with van der Waals surface area (Å²) in [5.41, 5.74) is 1.89. The van der Waals surface area contributed by atoms with E-state index in [0.29, 0.717) is 13.0 Å². The molecule has 2 rings (SSSR count). The minimum absolute atomic E-state index is 0.0185. The van der Waals surface area contributed by atoms with Gasteiger partial charge in [0.2, 0.25) is 0 Å².